The van der Waals surface area contributed by atoms with Gasteiger partial charge in [0.15, 0.2) is 17.2 Å². The highest BCUT2D eigenvalue weighted by Crippen LogP contribution is 2.39. The Morgan fingerprint density at radius 3 is 2.22 bits per heavy atom. The van der Waals surface area contributed by atoms with Crippen molar-refractivity contribution in [2.75, 3.05) is 13.7 Å². The Bertz CT molecular complexity index is 570. The molecule has 11 heteroatoms. The molecule has 1 aromatic rings. The Labute approximate surface area is 126 Å². The van der Waals surface area contributed by atoms with Gasteiger partial charge in [0.05, 0.1) is 25.8 Å². The number of nitrogens with zero attached hydrogens (tertiary/aromatic N) is 1. The number of hydrogen-bond donors (Lipinski definition) is 0. The molecule has 0 unspecified atom stereocenters. The van der Waals surface area contributed by atoms with E-state index >= 15 is 0 Å². The molecule has 1 aromatic heterocycles. The van der Waals surface area contributed by atoms with Crippen LogP contribution in [-0.4, -0.2) is 31.0 Å². The molecule has 0 radical (unpaired) electrons. The van der Waals surface area contributed by atoms with E-state index in [9.17, 15) is 31.1 Å². The van der Waals surface area contributed by atoms with Crippen molar-refractivity contribution >= 4 is 5.97 Å². The summed E-state index contributed by atoms with van der Waals surface area (Å²) in [4.78, 5) is 14.4. The van der Waals surface area contributed by atoms with Gasteiger partial charge in [-0.2, -0.15) is 13.2 Å². The predicted molar refractivity (Wildman–Crippen MR) is 62.8 cm³/mol. The topological polar surface area (TPSA) is 57.7 Å². The number of hydrogen-bond acceptors (Lipinski definition) is 5. The van der Waals surface area contributed by atoms with Crippen LogP contribution in [0.1, 0.15) is 18.3 Å². The molecule has 0 aliphatic carbocycles. The van der Waals surface area contributed by atoms with Gasteiger partial charge in [0.25, 0.3) is 0 Å². The lowest BCUT2D eigenvalue weighted by Crippen LogP contribution is -2.21. The second-order valence-electron chi connectivity index (χ2n) is 4.01. The van der Waals surface area contributed by atoms with Gasteiger partial charge in [-0.05, 0) is 6.92 Å². The maximum absolute atomic E-state index is 12.8. The van der Waals surface area contributed by atoms with E-state index < -0.39 is 47.8 Å². The first-order valence-corrected chi connectivity index (χ1v) is 6.04. The number of halogens is 6. The number of rotatable bonds is 5. The molecule has 1 heterocycles. The van der Waals surface area contributed by atoms with Gasteiger partial charge in [0, 0.05) is 6.07 Å². The van der Waals surface area contributed by atoms with Crippen LogP contribution in [0.2, 0.25) is 0 Å². The van der Waals surface area contributed by atoms with Gasteiger partial charge in [-0.3, -0.25) is 4.79 Å². The summed E-state index contributed by atoms with van der Waals surface area (Å²) in [6.07, 6.45) is -11.1. The number of esters is 1. The summed E-state index contributed by atoms with van der Waals surface area (Å²) in [7, 11) is 0.828. The monoisotopic (exact) mass is 347 g/mol. The number of aromatic nitrogens is 1. The van der Waals surface area contributed by atoms with Gasteiger partial charge >= 0.3 is 18.5 Å². The van der Waals surface area contributed by atoms with Crippen LogP contribution in [-0.2, 0) is 22.1 Å². The molecule has 0 aromatic carbocycles. The molecule has 0 spiro atoms. The Morgan fingerprint density at radius 2 is 1.78 bits per heavy atom. The van der Waals surface area contributed by atoms with Crippen molar-refractivity contribution in [3.8, 4) is 11.5 Å². The lowest BCUT2D eigenvalue weighted by molar-refractivity contribution is -0.275. The lowest BCUT2D eigenvalue weighted by atomic mass is 10.2. The van der Waals surface area contributed by atoms with Crippen molar-refractivity contribution in [3.05, 3.63) is 17.5 Å². The molecule has 0 saturated carbocycles. The average molecular weight is 347 g/mol. The molecule has 0 aliphatic heterocycles. The first-order chi connectivity index (χ1) is 10.5. The largest absolute Gasteiger partial charge is 0.573 e. The molecule has 0 bridgehead atoms. The van der Waals surface area contributed by atoms with Crippen molar-refractivity contribution in [2.24, 2.45) is 0 Å². The molecule has 0 fully saturated rings. The minimum atomic E-state index is -5.18. The molecule has 130 valence electrons. The Morgan fingerprint density at radius 1 is 1.17 bits per heavy atom. The fourth-order valence-electron chi connectivity index (χ4n) is 1.56. The third-order valence-corrected chi connectivity index (χ3v) is 2.36. The van der Waals surface area contributed by atoms with Crippen LogP contribution in [0.5, 0.6) is 11.5 Å². The van der Waals surface area contributed by atoms with Crippen molar-refractivity contribution < 1.29 is 45.3 Å². The molecular weight excluding hydrogens is 336 g/mol. The smallest absolute Gasteiger partial charge is 0.494 e. The summed E-state index contributed by atoms with van der Waals surface area (Å²) in [5.74, 6) is -3.09. The van der Waals surface area contributed by atoms with E-state index in [1.54, 1.807) is 0 Å². The van der Waals surface area contributed by atoms with Crippen LogP contribution in [0.25, 0.3) is 0 Å². The Balaban J connectivity index is 3.38. The van der Waals surface area contributed by atoms with Crippen molar-refractivity contribution in [1.29, 1.82) is 0 Å². The number of pyridine rings is 1. The SMILES string of the molecule is CCOC(=O)Cc1nc(C(F)(F)F)c(OC)cc1OC(F)(F)F. The average Bonchev–Trinajstić information content (AvgIpc) is 2.37. The van der Waals surface area contributed by atoms with Gasteiger partial charge in [0.1, 0.15) is 0 Å². The number of carbonyl (C=O) groups is 1. The second kappa shape index (κ2) is 6.92. The summed E-state index contributed by atoms with van der Waals surface area (Å²) < 4.78 is 88.1. The van der Waals surface area contributed by atoms with Gasteiger partial charge in [-0.25, -0.2) is 4.98 Å². The lowest BCUT2D eigenvalue weighted by Gasteiger charge is -2.17. The third kappa shape index (κ3) is 5.49. The van der Waals surface area contributed by atoms with Gasteiger partial charge in [-0.15, -0.1) is 13.2 Å². The minimum absolute atomic E-state index is 0.101. The fraction of sp³-hybridized carbons (Fsp3) is 0.500. The molecular formula is C12H11F6NO4. The first-order valence-electron chi connectivity index (χ1n) is 6.04. The fourth-order valence-corrected chi connectivity index (χ4v) is 1.56. The quantitative estimate of drug-likeness (QED) is 0.605. The van der Waals surface area contributed by atoms with Crippen LogP contribution in [0.15, 0.2) is 6.07 Å². The predicted octanol–water partition coefficient (Wildman–Crippen LogP) is 3.11. The van der Waals surface area contributed by atoms with Crippen LogP contribution in [0.3, 0.4) is 0 Å². The van der Waals surface area contributed by atoms with Gasteiger partial charge in [0.2, 0.25) is 0 Å². The zero-order valence-corrected chi connectivity index (χ0v) is 11.8. The van der Waals surface area contributed by atoms with E-state index in [-0.39, 0.29) is 6.61 Å². The molecule has 0 aliphatic rings. The normalized spacial score (nSPS) is 12.0. The van der Waals surface area contributed by atoms with Crippen molar-refractivity contribution in [2.45, 2.75) is 25.9 Å². The summed E-state index contributed by atoms with van der Waals surface area (Å²) in [5, 5.41) is 0. The molecule has 1 rings (SSSR count). The zero-order chi connectivity index (χ0) is 17.8. The number of carbonyl (C=O) groups excluding carboxylic acids is 1. The highest BCUT2D eigenvalue weighted by molar-refractivity contribution is 5.73. The van der Waals surface area contributed by atoms with Crippen LogP contribution in [0, 0.1) is 0 Å². The number of alkyl halides is 6. The minimum Gasteiger partial charge on any atom is -0.494 e. The molecule has 0 atom stereocenters. The molecule has 0 N–H and O–H groups in total. The van der Waals surface area contributed by atoms with Crippen molar-refractivity contribution in [3.63, 3.8) is 0 Å². The summed E-state index contributed by atoms with van der Waals surface area (Å²) in [6.45, 7) is 1.32. The highest BCUT2D eigenvalue weighted by atomic mass is 19.4. The van der Waals surface area contributed by atoms with E-state index in [4.69, 9.17) is 0 Å². The van der Waals surface area contributed by atoms with Crippen LogP contribution >= 0.6 is 0 Å². The number of ether oxygens (including phenoxy) is 3. The Kier molecular flexibility index (Phi) is 5.67. The summed E-state index contributed by atoms with van der Waals surface area (Å²) in [6, 6.07) is 0.373. The zero-order valence-electron chi connectivity index (χ0n) is 11.8. The van der Waals surface area contributed by atoms with E-state index in [0.29, 0.717) is 6.07 Å². The highest BCUT2D eigenvalue weighted by Gasteiger charge is 2.39. The van der Waals surface area contributed by atoms with E-state index in [2.05, 4.69) is 19.2 Å². The van der Waals surface area contributed by atoms with E-state index in [1.807, 2.05) is 0 Å². The van der Waals surface area contributed by atoms with Crippen LogP contribution < -0.4 is 9.47 Å². The summed E-state index contributed by atoms with van der Waals surface area (Å²) >= 11 is 0. The number of methoxy groups -OCH3 is 1. The maximum atomic E-state index is 12.8. The van der Waals surface area contributed by atoms with Gasteiger partial charge < -0.3 is 14.2 Å². The molecule has 5 nitrogen and oxygen atoms in total. The molecule has 0 saturated heterocycles. The summed E-state index contributed by atoms with van der Waals surface area (Å²) in [5.41, 5.74) is -2.44. The molecule has 23 heavy (non-hydrogen) atoms. The first kappa shape index (κ1) is 18.8. The van der Waals surface area contributed by atoms with Gasteiger partial charge in [-0.1, -0.05) is 0 Å². The van der Waals surface area contributed by atoms with E-state index in [1.165, 1.54) is 6.92 Å². The third-order valence-electron chi connectivity index (χ3n) is 2.36. The maximum Gasteiger partial charge on any atom is 0.573 e. The standard InChI is InChI=1S/C12H11F6NO4/c1-3-22-9(20)4-6-7(23-12(16,17)18)5-8(21-2)10(19-6)11(13,14)15/h5H,3-4H2,1-2H3. The molecule has 0 amide bonds. The van der Waals surface area contributed by atoms with Crippen LogP contribution in [0.4, 0.5) is 26.3 Å². The van der Waals surface area contributed by atoms with Crippen molar-refractivity contribution in [1.82, 2.24) is 4.98 Å². The van der Waals surface area contributed by atoms with E-state index in [0.717, 1.165) is 7.11 Å². The second-order valence-corrected chi connectivity index (χ2v) is 4.01. The Hall–Kier alpha value is -2.20.